The maximum atomic E-state index is 12.7. The number of nitrogens with one attached hydrogen (secondary N) is 3. The Morgan fingerprint density at radius 1 is 0.971 bits per heavy atom. The molecule has 0 fully saturated rings. The van der Waals surface area contributed by atoms with Gasteiger partial charge >= 0.3 is 0 Å². The van der Waals surface area contributed by atoms with E-state index in [0.29, 0.717) is 22.3 Å². The van der Waals surface area contributed by atoms with Crippen LogP contribution in [0.3, 0.4) is 0 Å². The first kappa shape index (κ1) is 23.4. The van der Waals surface area contributed by atoms with E-state index in [1.54, 1.807) is 66.7 Å². The van der Waals surface area contributed by atoms with Crippen LogP contribution in [-0.2, 0) is 21.4 Å². The minimum atomic E-state index is -3.71. The molecule has 34 heavy (non-hydrogen) atoms. The van der Waals surface area contributed by atoms with Crippen LogP contribution in [0.1, 0.15) is 12.0 Å². The number of aromatic amines is 1. The number of rotatable bonds is 7. The summed E-state index contributed by atoms with van der Waals surface area (Å²) in [7, 11) is -3.71. The number of hydrogen-bond donors (Lipinski definition) is 3. The minimum absolute atomic E-state index is 0.0392. The van der Waals surface area contributed by atoms with E-state index in [2.05, 4.69) is 15.0 Å². The smallest absolute Gasteiger partial charge is 0.262 e. The quantitative estimate of drug-likeness (QED) is 0.333. The molecule has 0 aliphatic heterocycles. The second kappa shape index (κ2) is 9.62. The number of carbonyl (C=O) groups excluding carboxylic acids is 1. The average molecular weight is 495 g/mol. The molecule has 3 N–H and O–H groups in total. The molecule has 4 rings (SSSR count). The van der Waals surface area contributed by atoms with Crippen LogP contribution in [0.15, 0.2) is 82.5 Å². The highest BCUT2D eigenvalue weighted by Crippen LogP contribution is 2.19. The summed E-state index contributed by atoms with van der Waals surface area (Å²) in [5.41, 5.74) is 2.23. The van der Waals surface area contributed by atoms with Crippen LogP contribution < -0.4 is 15.6 Å². The molecule has 1 aromatic heterocycles. The number of para-hydroxylation sites is 1. The van der Waals surface area contributed by atoms with Gasteiger partial charge in [-0.05, 0) is 67.7 Å². The summed E-state index contributed by atoms with van der Waals surface area (Å²) in [5, 5.41) is 3.24. The fraction of sp³-hybridized carbons (Fsp3) is 0.125. The van der Waals surface area contributed by atoms with E-state index in [4.69, 9.17) is 12.2 Å². The zero-order valence-electron chi connectivity index (χ0n) is 18.2. The number of amides is 1. The lowest BCUT2D eigenvalue weighted by molar-refractivity contribution is -0.116. The van der Waals surface area contributed by atoms with Crippen molar-refractivity contribution in [1.29, 1.82) is 0 Å². The summed E-state index contributed by atoms with van der Waals surface area (Å²) in [6.07, 6.45) is 0.0392. The highest BCUT2D eigenvalue weighted by molar-refractivity contribution is 7.92. The second-order valence-electron chi connectivity index (χ2n) is 7.73. The molecule has 0 aliphatic rings. The molecule has 4 aromatic rings. The molecule has 0 saturated carbocycles. The summed E-state index contributed by atoms with van der Waals surface area (Å²) in [4.78, 5) is 28.3. The third-order valence-corrected chi connectivity index (χ3v) is 6.92. The van der Waals surface area contributed by atoms with Gasteiger partial charge in [0.25, 0.3) is 15.6 Å². The van der Waals surface area contributed by atoms with Crippen molar-refractivity contribution in [3.8, 4) is 0 Å². The summed E-state index contributed by atoms with van der Waals surface area (Å²) in [5.74, 6) is -0.303. The molecule has 0 radical (unpaired) electrons. The molecule has 174 valence electrons. The second-order valence-corrected chi connectivity index (χ2v) is 9.80. The van der Waals surface area contributed by atoms with Gasteiger partial charge in [0, 0.05) is 24.3 Å². The van der Waals surface area contributed by atoms with E-state index < -0.39 is 10.0 Å². The number of aromatic nitrogens is 2. The summed E-state index contributed by atoms with van der Waals surface area (Å²) in [6.45, 7) is 2.00. The lowest BCUT2D eigenvalue weighted by Gasteiger charge is -2.11. The van der Waals surface area contributed by atoms with Gasteiger partial charge in [-0.1, -0.05) is 29.8 Å². The molecule has 3 aromatic carbocycles. The van der Waals surface area contributed by atoms with Gasteiger partial charge in [0.2, 0.25) is 5.91 Å². The fourth-order valence-corrected chi connectivity index (χ4v) is 4.73. The van der Waals surface area contributed by atoms with Gasteiger partial charge < -0.3 is 10.3 Å². The number of hydrogen-bond acceptors (Lipinski definition) is 5. The van der Waals surface area contributed by atoms with Crippen molar-refractivity contribution in [2.24, 2.45) is 0 Å². The Morgan fingerprint density at radius 2 is 1.62 bits per heavy atom. The van der Waals surface area contributed by atoms with E-state index in [9.17, 15) is 18.0 Å². The summed E-state index contributed by atoms with van der Waals surface area (Å²) in [6, 6.07) is 19.9. The molecule has 0 atom stereocenters. The van der Waals surface area contributed by atoms with Crippen LogP contribution in [0.5, 0.6) is 0 Å². The lowest BCUT2D eigenvalue weighted by Crippen LogP contribution is -2.25. The number of anilines is 2. The fourth-order valence-electron chi connectivity index (χ4n) is 3.39. The molecular weight excluding hydrogens is 472 g/mol. The number of carbonyl (C=O) groups is 1. The molecular formula is C24H22N4O4S2. The van der Waals surface area contributed by atoms with Crippen LogP contribution in [0, 0.1) is 11.7 Å². The van der Waals surface area contributed by atoms with Crippen molar-refractivity contribution in [2.75, 3.05) is 10.0 Å². The highest BCUT2D eigenvalue weighted by Gasteiger charge is 2.14. The molecule has 1 heterocycles. The monoisotopic (exact) mass is 494 g/mol. The van der Waals surface area contributed by atoms with Crippen LogP contribution in [-0.4, -0.2) is 23.9 Å². The molecule has 0 spiro atoms. The van der Waals surface area contributed by atoms with Gasteiger partial charge in [-0.25, -0.2) is 8.42 Å². The third kappa shape index (κ3) is 5.24. The topological polar surface area (TPSA) is 113 Å². The Bertz CT molecular complexity index is 1570. The van der Waals surface area contributed by atoms with Crippen molar-refractivity contribution in [1.82, 2.24) is 9.55 Å². The van der Waals surface area contributed by atoms with Crippen molar-refractivity contribution >= 4 is 50.4 Å². The van der Waals surface area contributed by atoms with E-state index >= 15 is 0 Å². The number of nitrogens with zero attached hydrogens (tertiary/aromatic N) is 1. The zero-order valence-corrected chi connectivity index (χ0v) is 19.9. The lowest BCUT2D eigenvalue weighted by atomic mass is 10.2. The van der Waals surface area contributed by atoms with Gasteiger partial charge in [0.15, 0.2) is 4.77 Å². The third-order valence-electron chi connectivity index (χ3n) is 5.20. The Hall–Kier alpha value is -3.76. The SMILES string of the molecule is Cc1ccc(S(=O)(=O)Nc2ccc(NC(=O)CCn3c(=S)[nH]c4ccccc4c3=O)cc2)cc1. The Labute approximate surface area is 201 Å². The van der Waals surface area contributed by atoms with Crippen molar-refractivity contribution in [3.63, 3.8) is 0 Å². The van der Waals surface area contributed by atoms with Gasteiger partial charge in [-0.15, -0.1) is 0 Å². The number of H-pyrrole nitrogens is 1. The molecule has 0 aliphatic carbocycles. The van der Waals surface area contributed by atoms with Gasteiger partial charge in [-0.3, -0.25) is 18.9 Å². The first-order chi connectivity index (χ1) is 16.2. The van der Waals surface area contributed by atoms with E-state index in [1.165, 1.54) is 4.57 Å². The van der Waals surface area contributed by atoms with Crippen LogP contribution in [0.4, 0.5) is 11.4 Å². The molecule has 8 nitrogen and oxygen atoms in total. The first-order valence-electron chi connectivity index (χ1n) is 10.4. The average Bonchev–Trinajstić information content (AvgIpc) is 2.80. The van der Waals surface area contributed by atoms with Crippen LogP contribution >= 0.6 is 12.2 Å². The predicted molar refractivity (Wildman–Crippen MR) is 135 cm³/mol. The highest BCUT2D eigenvalue weighted by atomic mass is 32.2. The molecule has 0 unspecified atom stereocenters. The maximum absolute atomic E-state index is 12.7. The zero-order chi connectivity index (χ0) is 24.3. The predicted octanol–water partition coefficient (Wildman–Crippen LogP) is 4.20. The standard InChI is InChI=1S/C24H22N4O4S2/c1-16-6-12-19(13-7-16)34(31,32)27-18-10-8-17(9-11-18)25-22(29)14-15-28-23(30)20-4-2-3-5-21(20)26-24(28)33/h2-13,27H,14-15H2,1H3,(H,25,29)(H,26,33). The van der Waals surface area contributed by atoms with Crippen molar-refractivity contribution in [2.45, 2.75) is 24.8 Å². The van der Waals surface area contributed by atoms with E-state index in [1.807, 2.05) is 13.0 Å². The van der Waals surface area contributed by atoms with Gasteiger partial charge in [0.1, 0.15) is 0 Å². The van der Waals surface area contributed by atoms with Gasteiger partial charge in [0.05, 0.1) is 15.8 Å². The normalized spacial score (nSPS) is 11.3. The molecule has 1 amide bonds. The molecule has 0 bridgehead atoms. The van der Waals surface area contributed by atoms with E-state index in [-0.39, 0.29) is 34.1 Å². The minimum Gasteiger partial charge on any atom is -0.332 e. The van der Waals surface area contributed by atoms with Gasteiger partial charge in [-0.2, -0.15) is 0 Å². The Balaban J connectivity index is 1.39. The van der Waals surface area contributed by atoms with Crippen LogP contribution in [0.2, 0.25) is 0 Å². The van der Waals surface area contributed by atoms with E-state index in [0.717, 1.165) is 5.56 Å². The summed E-state index contributed by atoms with van der Waals surface area (Å²) >= 11 is 5.27. The largest absolute Gasteiger partial charge is 0.332 e. The van der Waals surface area contributed by atoms with Crippen molar-refractivity contribution in [3.05, 3.63) is 93.5 Å². The Kier molecular flexibility index (Phi) is 6.62. The Morgan fingerprint density at radius 3 is 2.32 bits per heavy atom. The maximum Gasteiger partial charge on any atom is 0.262 e. The number of aryl methyl sites for hydroxylation is 1. The number of benzene rings is 3. The van der Waals surface area contributed by atoms with Crippen molar-refractivity contribution < 1.29 is 13.2 Å². The first-order valence-corrected chi connectivity index (χ1v) is 12.3. The summed E-state index contributed by atoms with van der Waals surface area (Å²) < 4.78 is 29.2. The molecule has 0 saturated heterocycles. The molecule has 10 heteroatoms. The number of fused-ring (bicyclic) bond motifs is 1. The number of sulfonamides is 1. The van der Waals surface area contributed by atoms with Crippen LogP contribution in [0.25, 0.3) is 10.9 Å².